The SMILES string of the molecule is CSCC1CCN(c2ncc(C(C)C)c3cc(Cl)ncc23)C1. The van der Waals surface area contributed by atoms with Crippen LogP contribution in [-0.2, 0) is 0 Å². The van der Waals surface area contributed by atoms with Crippen LogP contribution in [0.2, 0.25) is 5.15 Å². The Labute approximate surface area is 141 Å². The van der Waals surface area contributed by atoms with Gasteiger partial charge >= 0.3 is 0 Å². The van der Waals surface area contributed by atoms with Gasteiger partial charge in [0.15, 0.2) is 0 Å². The molecule has 5 heteroatoms. The summed E-state index contributed by atoms with van der Waals surface area (Å²) in [7, 11) is 0. The highest BCUT2D eigenvalue weighted by Crippen LogP contribution is 2.34. The molecular weight excluding hydrogens is 314 g/mol. The molecule has 0 aromatic carbocycles. The average Bonchev–Trinajstić information content (AvgIpc) is 2.94. The smallest absolute Gasteiger partial charge is 0.138 e. The molecule has 3 nitrogen and oxygen atoms in total. The minimum atomic E-state index is 0.422. The highest BCUT2D eigenvalue weighted by atomic mass is 35.5. The first-order valence-corrected chi connectivity index (χ1v) is 9.55. The summed E-state index contributed by atoms with van der Waals surface area (Å²) in [6.07, 6.45) is 7.32. The van der Waals surface area contributed by atoms with Gasteiger partial charge in [-0.25, -0.2) is 9.97 Å². The summed E-state index contributed by atoms with van der Waals surface area (Å²) in [6, 6.07) is 1.98. The molecule has 1 unspecified atom stereocenters. The molecule has 1 aliphatic heterocycles. The molecule has 2 aromatic heterocycles. The van der Waals surface area contributed by atoms with E-state index in [4.69, 9.17) is 16.6 Å². The van der Waals surface area contributed by atoms with Crippen molar-refractivity contribution in [2.75, 3.05) is 30.0 Å². The first kappa shape index (κ1) is 15.9. The first-order chi connectivity index (χ1) is 10.6. The third kappa shape index (κ3) is 3.04. The van der Waals surface area contributed by atoms with Crippen molar-refractivity contribution in [2.45, 2.75) is 26.2 Å². The third-order valence-corrected chi connectivity index (χ3v) is 5.37. The summed E-state index contributed by atoms with van der Waals surface area (Å²) in [4.78, 5) is 11.5. The number of pyridine rings is 2. The second-order valence-corrected chi connectivity index (χ2v) is 7.60. The molecule has 1 aliphatic rings. The van der Waals surface area contributed by atoms with Crippen LogP contribution in [0.1, 0.15) is 31.7 Å². The van der Waals surface area contributed by atoms with Gasteiger partial charge in [0, 0.05) is 30.9 Å². The molecule has 2 aromatic rings. The third-order valence-electron chi connectivity index (χ3n) is 4.36. The van der Waals surface area contributed by atoms with Gasteiger partial charge in [-0.05, 0) is 47.3 Å². The monoisotopic (exact) mass is 335 g/mol. The molecule has 3 rings (SSSR count). The van der Waals surface area contributed by atoms with Crippen LogP contribution < -0.4 is 4.90 Å². The van der Waals surface area contributed by atoms with Crippen molar-refractivity contribution in [3.05, 3.63) is 29.2 Å². The van der Waals surface area contributed by atoms with E-state index in [2.05, 4.69) is 30.0 Å². The molecule has 1 saturated heterocycles. The maximum atomic E-state index is 6.12. The summed E-state index contributed by atoms with van der Waals surface area (Å²) >= 11 is 8.06. The van der Waals surface area contributed by atoms with Gasteiger partial charge in [-0.1, -0.05) is 25.4 Å². The Morgan fingerprint density at radius 1 is 1.32 bits per heavy atom. The zero-order valence-electron chi connectivity index (χ0n) is 13.3. The van der Waals surface area contributed by atoms with Gasteiger partial charge in [-0.3, -0.25) is 0 Å². The molecule has 0 aliphatic carbocycles. The minimum absolute atomic E-state index is 0.422. The zero-order chi connectivity index (χ0) is 15.7. The van der Waals surface area contributed by atoms with Crippen LogP contribution in [0.5, 0.6) is 0 Å². The second kappa shape index (κ2) is 6.63. The summed E-state index contributed by atoms with van der Waals surface area (Å²) in [5.74, 6) is 3.47. The van der Waals surface area contributed by atoms with Crippen LogP contribution in [0, 0.1) is 5.92 Å². The number of thioether (sulfide) groups is 1. The van der Waals surface area contributed by atoms with Gasteiger partial charge in [0.1, 0.15) is 11.0 Å². The van der Waals surface area contributed by atoms with E-state index in [1.165, 1.54) is 23.1 Å². The normalized spacial score (nSPS) is 18.6. The number of hydrogen-bond donors (Lipinski definition) is 0. The molecule has 0 saturated carbocycles. The lowest BCUT2D eigenvalue weighted by atomic mass is 9.99. The van der Waals surface area contributed by atoms with Crippen LogP contribution >= 0.6 is 23.4 Å². The quantitative estimate of drug-likeness (QED) is 0.764. The van der Waals surface area contributed by atoms with Gasteiger partial charge in [0.05, 0.1) is 0 Å². The highest BCUT2D eigenvalue weighted by Gasteiger charge is 2.25. The van der Waals surface area contributed by atoms with Crippen LogP contribution in [0.3, 0.4) is 0 Å². The van der Waals surface area contributed by atoms with Gasteiger partial charge in [-0.2, -0.15) is 11.8 Å². The number of halogens is 1. The fraction of sp³-hybridized carbons (Fsp3) is 0.529. The Hall–Kier alpha value is -1.00. The molecule has 1 fully saturated rings. The van der Waals surface area contributed by atoms with Gasteiger partial charge in [0.2, 0.25) is 0 Å². The van der Waals surface area contributed by atoms with Crippen molar-refractivity contribution in [3.63, 3.8) is 0 Å². The Morgan fingerprint density at radius 3 is 2.86 bits per heavy atom. The Bertz CT molecular complexity index is 674. The topological polar surface area (TPSA) is 29.0 Å². The molecule has 22 heavy (non-hydrogen) atoms. The summed E-state index contributed by atoms with van der Waals surface area (Å²) in [6.45, 7) is 6.55. The Kier molecular flexibility index (Phi) is 4.79. The number of aromatic nitrogens is 2. The number of nitrogens with zero attached hydrogens (tertiary/aromatic N) is 3. The van der Waals surface area contributed by atoms with Crippen molar-refractivity contribution in [1.82, 2.24) is 9.97 Å². The lowest BCUT2D eigenvalue weighted by Crippen LogP contribution is -2.22. The Balaban J connectivity index is 2.03. The molecule has 0 radical (unpaired) electrons. The largest absolute Gasteiger partial charge is 0.356 e. The van der Waals surface area contributed by atoms with E-state index in [1.54, 1.807) is 0 Å². The lowest BCUT2D eigenvalue weighted by Gasteiger charge is -2.21. The van der Waals surface area contributed by atoms with Crippen molar-refractivity contribution in [1.29, 1.82) is 0 Å². The van der Waals surface area contributed by atoms with E-state index in [-0.39, 0.29) is 0 Å². The van der Waals surface area contributed by atoms with Gasteiger partial charge < -0.3 is 4.90 Å². The van der Waals surface area contributed by atoms with Crippen molar-refractivity contribution < 1.29 is 0 Å². The van der Waals surface area contributed by atoms with Crippen LogP contribution in [0.4, 0.5) is 5.82 Å². The predicted octanol–water partition coefficient (Wildman–Crippen LogP) is 4.60. The van der Waals surface area contributed by atoms with E-state index in [9.17, 15) is 0 Å². The summed E-state index contributed by atoms with van der Waals surface area (Å²) < 4.78 is 0. The van der Waals surface area contributed by atoms with Crippen LogP contribution in [-0.4, -0.2) is 35.1 Å². The van der Waals surface area contributed by atoms with E-state index in [0.29, 0.717) is 11.1 Å². The van der Waals surface area contributed by atoms with Crippen LogP contribution in [0.25, 0.3) is 10.8 Å². The molecule has 0 amide bonds. The summed E-state index contributed by atoms with van der Waals surface area (Å²) in [5.41, 5.74) is 1.24. The predicted molar refractivity (Wildman–Crippen MR) is 97.3 cm³/mol. The maximum Gasteiger partial charge on any atom is 0.138 e. The number of fused-ring (bicyclic) bond motifs is 1. The van der Waals surface area contributed by atoms with Crippen molar-refractivity contribution >= 4 is 40.0 Å². The molecule has 1 atom stereocenters. The van der Waals surface area contributed by atoms with E-state index in [1.807, 2.05) is 30.2 Å². The van der Waals surface area contributed by atoms with Crippen LogP contribution in [0.15, 0.2) is 18.5 Å². The second-order valence-electron chi connectivity index (χ2n) is 6.30. The van der Waals surface area contributed by atoms with Crippen molar-refractivity contribution in [3.8, 4) is 0 Å². The molecule has 0 spiro atoms. The molecule has 0 bridgehead atoms. The number of hydrogen-bond acceptors (Lipinski definition) is 4. The fourth-order valence-corrected chi connectivity index (χ4v) is 4.13. The lowest BCUT2D eigenvalue weighted by molar-refractivity contribution is 0.671. The molecular formula is C17H22ClN3S. The summed E-state index contributed by atoms with van der Waals surface area (Å²) in [5, 5.41) is 2.86. The van der Waals surface area contributed by atoms with E-state index < -0.39 is 0 Å². The Morgan fingerprint density at radius 2 is 2.14 bits per heavy atom. The minimum Gasteiger partial charge on any atom is -0.356 e. The zero-order valence-corrected chi connectivity index (χ0v) is 14.9. The highest BCUT2D eigenvalue weighted by molar-refractivity contribution is 7.98. The fourth-order valence-electron chi connectivity index (χ4n) is 3.23. The molecule has 3 heterocycles. The van der Waals surface area contributed by atoms with Crippen molar-refractivity contribution in [2.24, 2.45) is 5.92 Å². The number of anilines is 1. The maximum absolute atomic E-state index is 6.12. The average molecular weight is 336 g/mol. The number of rotatable bonds is 4. The first-order valence-electron chi connectivity index (χ1n) is 7.78. The van der Waals surface area contributed by atoms with E-state index >= 15 is 0 Å². The van der Waals surface area contributed by atoms with E-state index in [0.717, 1.165) is 30.2 Å². The standard InChI is InChI=1S/C17H22ClN3S/c1-11(2)14-7-20-17(15-8-19-16(18)6-13(14)15)21-5-4-12(9-21)10-22-3/h6-8,11-12H,4-5,9-10H2,1-3H3. The molecule has 118 valence electrons. The molecule has 0 N–H and O–H groups in total. The van der Waals surface area contributed by atoms with Gasteiger partial charge in [0.25, 0.3) is 0 Å². The van der Waals surface area contributed by atoms with Gasteiger partial charge in [-0.15, -0.1) is 0 Å².